The molecule has 1 aliphatic rings. The zero-order chi connectivity index (χ0) is 15.3. The normalized spacial score (nSPS) is 25.5. The maximum absolute atomic E-state index is 11.2. The molecule has 0 amide bonds. The monoisotopic (exact) mass is 291 g/mol. The summed E-state index contributed by atoms with van der Waals surface area (Å²) in [5, 5.41) is 9.22. The van der Waals surface area contributed by atoms with Crippen LogP contribution in [0.3, 0.4) is 0 Å². The highest BCUT2D eigenvalue weighted by Crippen LogP contribution is 2.29. The first kappa shape index (κ1) is 15.8. The van der Waals surface area contributed by atoms with Crippen molar-refractivity contribution >= 4 is 5.97 Å². The van der Waals surface area contributed by atoms with E-state index in [2.05, 4.69) is 19.1 Å². The summed E-state index contributed by atoms with van der Waals surface area (Å²) in [5.74, 6) is -0.124. The molecule has 1 aromatic rings. The van der Waals surface area contributed by atoms with Gasteiger partial charge in [0.15, 0.2) is 0 Å². The van der Waals surface area contributed by atoms with Crippen LogP contribution in [0.15, 0.2) is 24.3 Å². The molecule has 0 spiro atoms. The fraction of sp³-hybridized carbons (Fsp3) is 0.588. The van der Waals surface area contributed by atoms with Gasteiger partial charge in [0.1, 0.15) is 17.4 Å². The fourth-order valence-electron chi connectivity index (χ4n) is 2.86. The van der Waals surface area contributed by atoms with Crippen LogP contribution in [-0.4, -0.2) is 22.7 Å². The largest absolute Gasteiger partial charge is 0.490 e. The number of carboxylic acids is 1. The zero-order valence-electron chi connectivity index (χ0n) is 12.7. The van der Waals surface area contributed by atoms with Crippen molar-refractivity contribution in [3.8, 4) is 5.75 Å². The van der Waals surface area contributed by atoms with Gasteiger partial charge >= 0.3 is 5.97 Å². The van der Waals surface area contributed by atoms with E-state index in [1.54, 1.807) is 0 Å². The third-order valence-corrected chi connectivity index (χ3v) is 4.21. The average molecular weight is 291 g/mol. The maximum atomic E-state index is 11.2. The Hall–Kier alpha value is -1.55. The Bertz CT molecular complexity index is 471. The van der Waals surface area contributed by atoms with Crippen LogP contribution in [-0.2, 0) is 11.2 Å². The highest BCUT2D eigenvalue weighted by molar-refractivity contribution is 5.78. The number of hydrogen-bond donors (Lipinski definition) is 2. The van der Waals surface area contributed by atoms with Crippen molar-refractivity contribution in [1.29, 1.82) is 0 Å². The molecule has 0 bridgehead atoms. The summed E-state index contributed by atoms with van der Waals surface area (Å²) in [6, 6.07) is 8.11. The van der Waals surface area contributed by atoms with Crippen LogP contribution in [0.5, 0.6) is 5.75 Å². The number of nitrogens with two attached hydrogens (primary N) is 1. The second kappa shape index (κ2) is 6.94. The molecule has 2 unspecified atom stereocenters. The molecule has 1 aliphatic carbocycles. The number of aliphatic carboxylic acids is 1. The number of hydrogen-bond acceptors (Lipinski definition) is 3. The number of aryl methyl sites for hydroxylation is 1. The lowest BCUT2D eigenvalue weighted by molar-refractivity contribution is -0.145. The Morgan fingerprint density at radius 3 is 2.76 bits per heavy atom. The lowest BCUT2D eigenvalue weighted by Gasteiger charge is -2.34. The quantitative estimate of drug-likeness (QED) is 0.844. The third kappa shape index (κ3) is 4.21. The molecule has 1 saturated carbocycles. The molecule has 2 atom stereocenters. The summed E-state index contributed by atoms with van der Waals surface area (Å²) in [7, 11) is 0. The summed E-state index contributed by atoms with van der Waals surface area (Å²) in [6.07, 6.45) is 5.92. The van der Waals surface area contributed by atoms with E-state index in [9.17, 15) is 9.90 Å². The van der Waals surface area contributed by atoms with Gasteiger partial charge in [0.25, 0.3) is 0 Å². The van der Waals surface area contributed by atoms with Gasteiger partial charge in [-0.1, -0.05) is 25.5 Å². The molecule has 0 aromatic heterocycles. The Balaban J connectivity index is 1.93. The number of carbonyl (C=O) groups is 1. The highest BCUT2D eigenvalue weighted by atomic mass is 16.5. The van der Waals surface area contributed by atoms with Gasteiger partial charge in [0.05, 0.1) is 0 Å². The molecule has 4 nitrogen and oxygen atoms in total. The Labute approximate surface area is 126 Å². The first-order chi connectivity index (χ1) is 10.0. The van der Waals surface area contributed by atoms with E-state index in [4.69, 9.17) is 10.5 Å². The van der Waals surface area contributed by atoms with Gasteiger partial charge in [-0.25, -0.2) is 0 Å². The van der Waals surface area contributed by atoms with Crippen LogP contribution in [0.1, 0.15) is 51.0 Å². The van der Waals surface area contributed by atoms with Gasteiger partial charge in [-0.05, 0) is 49.8 Å². The SMILES string of the molecule is CCCCc1ccc(OC2CCCC(N)(C(=O)O)C2)cc1. The first-order valence-electron chi connectivity index (χ1n) is 7.81. The minimum absolute atomic E-state index is 0.110. The second-order valence-corrected chi connectivity index (χ2v) is 6.05. The van der Waals surface area contributed by atoms with Crippen LogP contribution in [0.4, 0.5) is 0 Å². The summed E-state index contributed by atoms with van der Waals surface area (Å²) in [6.45, 7) is 2.18. The highest BCUT2D eigenvalue weighted by Gasteiger charge is 2.40. The minimum Gasteiger partial charge on any atom is -0.490 e. The molecule has 3 N–H and O–H groups in total. The number of benzene rings is 1. The molecule has 4 heteroatoms. The van der Waals surface area contributed by atoms with Crippen LogP contribution in [0.2, 0.25) is 0 Å². The predicted octanol–water partition coefficient (Wildman–Crippen LogP) is 3.13. The number of ether oxygens (including phenoxy) is 1. The van der Waals surface area contributed by atoms with E-state index < -0.39 is 11.5 Å². The molecule has 1 fully saturated rings. The van der Waals surface area contributed by atoms with E-state index in [0.29, 0.717) is 12.8 Å². The van der Waals surface area contributed by atoms with E-state index >= 15 is 0 Å². The fourth-order valence-corrected chi connectivity index (χ4v) is 2.86. The lowest BCUT2D eigenvalue weighted by atomic mass is 9.81. The molecule has 2 rings (SSSR count). The third-order valence-electron chi connectivity index (χ3n) is 4.21. The van der Waals surface area contributed by atoms with Crippen molar-refractivity contribution in [3.05, 3.63) is 29.8 Å². The summed E-state index contributed by atoms with van der Waals surface area (Å²) >= 11 is 0. The molecule has 0 aliphatic heterocycles. The van der Waals surface area contributed by atoms with Crippen LogP contribution < -0.4 is 10.5 Å². The van der Waals surface area contributed by atoms with Crippen LogP contribution >= 0.6 is 0 Å². The zero-order valence-corrected chi connectivity index (χ0v) is 12.7. The van der Waals surface area contributed by atoms with Gasteiger partial charge in [-0.2, -0.15) is 0 Å². The second-order valence-electron chi connectivity index (χ2n) is 6.05. The van der Waals surface area contributed by atoms with E-state index in [1.165, 1.54) is 18.4 Å². The summed E-state index contributed by atoms with van der Waals surface area (Å²) in [4.78, 5) is 11.2. The van der Waals surface area contributed by atoms with Crippen LogP contribution in [0, 0.1) is 0 Å². The van der Waals surface area contributed by atoms with Crippen molar-refractivity contribution in [2.24, 2.45) is 5.73 Å². The van der Waals surface area contributed by atoms with E-state index in [0.717, 1.165) is 25.0 Å². The van der Waals surface area contributed by atoms with Gasteiger partial charge in [0.2, 0.25) is 0 Å². The standard InChI is InChI=1S/C17H25NO3/c1-2-3-5-13-7-9-14(10-8-13)21-15-6-4-11-17(18,12-15)16(19)20/h7-10,15H,2-6,11-12,18H2,1H3,(H,19,20). The van der Waals surface area contributed by atoms with Crippen molar-refractivity contribution in [2.75, 3.05) is 0 Å². The first-order valence-corrected chi connectivity index (χ1v) is 7.81. The molecule has 1 aromatic carbocycles. The van der Waals surface area contributed by atoms with Gasteiger partial charge in [-0.3, -0.25) is 4.79 Å². The van der Waals surface area contributed by atoms with Crippen molar-refractivity contribution < 1.29 is 14.6 Å². The maximum Gasteiger partial charge on any atom is 0.323 e. The molecule has 0 saturated heterocycles. The van der Waals surface area contributed by atoms with E-state index in [1.807, 2.05) is 12.1 Å². The van der Waals surface area contributed by atoms with Crippen molar-refractivity contribution in [1.82, 2.24) is 0 Å². The molecule has 116 valence electrons. The molecular formula is C17H25NO3. The Morgan fingerprint density at radius 1 is 1.43 bits per heavy atom. The molecule has 0 radical (unpaired) electrons. The summed E-state index contributed by atoms with van der Waals surface area (Å²) in [5.41, 5.74) is 6.12. The molecule has 0 heterocycles. The Morgan fingerprint density at radius 2 is 2.14 bits per heavy atom. The van der Waals surface area contributed by atoms with E-state index in [-0.39, 0.29) is 6.10 Å². The van der Waals surface area contributed by atoms with Gasteiger partial charge < -0.3 is 15.6 Å². The predicted molar refractivity (Wildman–Crippen MR) is 82.5 cm³/mol. The molecular weight excluding hydrogens is 266 g/mol. The summed E-state index contributed by atoms with van der Waals surface area (Å²) < 4.78 is 5.92. The average Bonchev–Trinajstić information content (AvgIpc) is 2.46. The van der Waals surface area contributed by atoms with Crippen LogP contribution in [0.25, 0.3) is 0 Å². The van der Waals surface area contributed by atoms with Gasteiger partial charge in [0, 0.05) is 6.42 Å². The lowest BCUT2D eigenvalue weighted by Crippen LogP contribution is -2.53. The van der Waals surface area contributed by atoms with Crippen molar-refractivity contribution in [2.45, 2.75) is 63.5 Å². The smallest absolute Gasteiger partial charge is 0.323 e. The number of rotatable bonds is 6. The topological polar surface area (TPSA) is 72.5 Å². The Kier molecular flexibility index (Phi) is 5.23. The number of unbranched alkanes of at least 4 members (excludes halogenated alkanes) is 1. The number of carboxylic acid groups (broad SMARTS) is 1. The molecule has 21 heavy (non-hydrogen) atoms. The minimum atomic E-state index is -1.13. The van der Waals surface area contributed by atoms with Crippen molar-refractivity contribution in [3.63, 3.8) is 0 Å². The van der Waals surface area contributed by atoms with Gasteiger partial charge in [-0.15, -0.1) is 0 Å².